The Labute approximate surface area is 119 Å². The van der Waals surface area contributed by atoms with E-state index in [9.17, 15) is 4.79 Å². The Kier molecular flexibility index (Phi) is 5.06. The summed E-state index contributed by atoms with van der Waals surface area (Å²) in [6.45, 7) is 7.10. The fourth-order valence-corrected chi connectivity index (χ4v) is 2.19. The number of para-hydroxylation sites is 1. The third-order valence-corrected chi connectivity index (χ3v) is 3.15. The first-order chi connectivity index (χ1) is 8.54. The van der Waals surface area contributed by atoms with Crippen LogP contribution in [-0.2, 0) is 4.74 Å². The van der Waals surface area contributed by atoms with Gasteiger partial charge in [-0.25, -0.2) is 4.79 Å². The van der Waals surface area contributed by atoms with Crippen LogP contribution in [0.5, 0.6) is 5.75 Å². The molecule has 0 spiro atoms. The summed E-state index contributed by atoms with van der Waals surface area (Å²) in [5, 5.41) is 2.88. The molecule has 1 aliphatic rings. The zero-order valence-corrected chi connectivity index (χ0v) is 12.3. The second kappa shape index (κ2) is 6.15. The van der Waals surface area contributed by atoms with Crippen molar-refractivity contribution >= 4 is 18.5 Å². The maximum absolute atomic E-state index is 11.4. The quantitative estimate of drug-likeness (QED) is 0.927. The van der Waals surface area contributed by atoms with Crippen LogP contribution in [0, 0.1) is 5.41 Å². The van der Waals surface area contributed by atoms with Crippen LogP contribution in [0.15, 0.2) is 24.3 Å². The molecule has 5 heteroatoms. The molecule has 0 unspecified atom stereocenters. The van der Waals surface area contributed by atoms with Crippen molar-refractivity contribution in [2.75, 3.05) is 13.2 Å². The molecule has 0 aliphatic carbocycles. The van der Waals surface area contributed by atoms with Gasteiger partial charge >= 0.3 is 6.09 Å². The standard InChI is InChI=1S/C14H19NO3.ClH/c1-4-17-11-8-6-5-7-10(11)12-14(2,3)9-18-13(16)15-12;/h5-8,12H,4,9H2,1-3H3,(H,15,16);1H/t12-;/m1./s1. The van der Waals surface area contributed by atoms with Crippen molar-refractivity contribution in [2.45, 2.75) is 26.8 Å². The average Bonchev–Trinajstić information content (AvgIpc) is 2.34. The fourth-order valence-electron chi connectivity index (χ4n) is 2.19. The van der Waals surface area contributed by atoms with E-state index in [1.54, 1.807) is 0 Å². The van der Waals surface area contributed by atoms with Gasteiger partial charge in [-0.1, -0.05) is 32.0 Å². The van der Waals surface area contributed by atoms with Crippen molar-refractivity contribution in [3.63, 3.8) is 0 Å². The maximum Gasteiger partial charge on any atom is 0.407 e. The van der Waals surface area contributed by atoms with Crippen LogP contribution in [0.3, 0.4) is 0 Å². The van der Waals surface area contributed by atoms with Gasteiger partial charge in [-0.15, -0.1) is 12.4 Å². The summed E-state index contributed by atoms with van der Waals surface area (Å²) in [7, 11) is 0. The highest BCUT2D eigenvalue weighted by molar-refractivity contribution is 5.85. The monoisotopic (exact) mass is 285 g/mol. The molecular weight excluding hydrogens is 266 g/mol. The molecule has 0 saturated carbocycles. The Morgan fingerprint density at radius 2 is 2.11 bits per heavy atom. The molecule has 1 amide bonds. The van der Waals surface area contributed by atoms with Crippen molar-refractivity contribution in [2.24, 2.45) is 5.41 Å². The van der Waals surface area contributed by atoms with Crippen molar-refractivity contribution < 1.29 is 14.3 Å². The van der Waals surface area contributed by atoms with Gasteiger partial charge < -0.3 is 14.8 Å². The number of cyclic esters (lactones) is 1. The molecule has 2 rings (SSSR count). The number of hydrogen-bond donors (Lipinski definition) is 1. The third-order valence-electron chi connectivity index (χ3n) is 3.15. The lowest BCUT2D eigenvalue weighted by atomic mass is 9.80. The van der Waals surface area contributed by atoms with E-state index in [1.165, 1.54) is 0 Å². The molecule has 1 heterocycles. The summed E-state index contributed by atoms with van der Waals surface area (Å²) < 4.78 is 10.7. The van der Waals surface area contributed by atoms with Crippen LogP contribution in [0.2, 0.25) is 0 Å². The zero-order chi connectivity index (χ0) is 13.2. The number of nitrogens with one attached hydrogen (secondary N) is 1. The van der Waals surface area contributed by atoms with E-state index >= 15 is 0 Å². The van der Waals surface area contributed by atoms with Gasteiger partial charge in [-0.2, -0.15) is 0 Å². The van der Waals surface area contributed by atoms with Crippen molar-refractivity contribution in [3.05, 3.63) is 29.8 Å². The molecule has 0 radical (unpaired) electrons. The lowest BCUT2D eigenvalue weighted by Crippen LogP contribution is -2.47. The first-order valence-electron chi connectivity index (χ1n) is 6.19. The second-order valence-electron chi connectivity index (χ2n) is 5.11. The third kappa shape index (κ3) is 3.32. The van der Waals surface area contributed by atoms with Crippen LogP contribution >= 0.6 is 12.4 Å². The molecule has 1 aromatic carbocycles. The number of carbonyl (C=O) groups is 1. The second-order valence-corrected chi connectivity index (χ2v) is 5.11. The number of hydrogen-bond acceptors (Lipinski definition) is 3. The van der Waals surface area contributed by atoms with Crippen molar-refractivity contribution in [3.8, 4) is 5.75 Å². The summed E-state index contributed by atoms with van der Waals surface area (Å²) in [5.41, 5.74) is 0.835. The Morgan fingerprint density at radius 3 is 2.79 bits per heavy atom. The molecule has 4 nitrogen and oxygen atoms in total. The van der Waals surface area contributed by atoms with Crippen LogP contribution in [0.25, 0.3) is 0 Å². The Morgan fingerprint density at radius 1 is 1.42 bits per heavy atom. The first kappa shape index (κ1) is 15.6. The normalized spacial score (nSPS) is 20.8. The highest BCUT2D eigenvalue weighted by Crippen LogP contribution is 2.40. The first-order valence-corrected chi connectivity index (χ1v) is 6.19. The summed E-state index contributed by atoms with van der Waals surface area (Å²) in [4.78, 5) is 11.4. The smallest absolute Gasteiger partial charge is 0.407 e. The van der Waals surface area contributed by atoms with Crippen LogP contribution in [-0.4, -0.2) is 19.3 Å². The van der Waals surface area contributed by atoms with E-state index in [0.29, 0.717) is 13.2 Å². The molecule has 1 fully saturated rings. The van der Waals surface area contributed by atoms with E-state index in [0.717, 1.165) is 11.3 Å². The molecule has 106 valence electrons. The number of rotatable bonds is 3. The van der Waals surface area contributed by atoms with Gasteiger partial charge in [0.1, 0.15) is 12.4 Å². The highest BCUT2D eigenvalue weighted by Gasteiger charge is 2.39. The number of alkyl carbamates (subject to hydrolysis) is 1. The SMILES string of the molecule is CCOc1ccccc1[C@H]1NC(=O)OCC1(C)C.Cl. The lowest BCUT2D eigenvalue weighted by molar-refractivity contribution is 0.0379. The number of carbonyl (C=O) groups excluding carboxylic acids is 1. The Hall–Kier alpha value is -1.42. The minimum Gasteiger partial charge on any atom is -0.494 e. The van der Waals surface area contributed by atoms with Gasteiger partial charge in [-0.05, 0) is 13.0 Å². The molecule has 0 bridgehead atoms. The molecule has 1 aliphatic heterocycles. The predicted octanol–water partition coefficient (Wildman–Crippen LogP) is 3.31. The van der Waals surface area contributed by atoms with Crippen LogP contribution < -0.4 is 10.1 Å². The summed E-state index contributed by atoms with van der Waals surface area (Å²) >= 11 is 0. The molecule has 1 N–H and O–H groups in total. The van der Waals surface area contributed by atoms with E-state index in [-0.39, 0.29) is 30.0 Å². The minimum absolute atomic E-state index is 0. The summed E-state index contributed by atoms with van der Waals surface area (Å²) in [6, 6.07) is 7.71. The van der Waals surface area contributed by atoms with Crippen LogP contribution in [0.4, 0.5) is 4.79 Å². The maximum atomic E-state index is 11.4. The van der Waals surface area contributed by atoms with Gasteiger partial charge in [0.2, 0.25) is 0 Å². The van der Waals surface area contributed by atoms with Crippen molar-refractivity contribution in [1.82, 2.24) is 5.32 Å². The number of ether oxygens (including phenoxy) is 2. The largest absolute Gasteiger partial charge is 0.494 e. The predicted molar refractivity (Wildman–Crippen MR) is 75.9 cm³/mol. The highest BCUT2D eigenvalue weighted by atomic mass is 35.5. The minimum atomic E-state index is -0.370. The van der Waals surface area contributed by atoms with E-state index < -0.39 is 0 Å². The number of halogens is 1. The molecule has 19 heavy (non-hydrogen) atoms. The summed E-state index contributed by atoms with van der Waals surface area (Å²) in [5.74, 6) is 0.820. The van der Waals surface area contributed by atoms with E-state index in [1.807, 2.05) is 31.2 Å². The fraction of sp³-hybridized carbons (Fsp3) is 0.500. The Balaban J connectivity index is 0.00000180. The Bertz CT molecular complexity index is 448. The molecule has 1 atom stereocenters. The van der Waals surface area contributed by atoms with Gasteiger partial charge in [0.15, 0.2) is 0 Å². The van der Waals surface area contributed by atoms with Gasteiger partial charge in [-0.3, -0.25) is 0 Å². The summed E-state index contributed by atoms with van der Waals surface area (Å²) in [6.07, 6.45) is -0.370. The topological polar surface area (TPSA) is 47.6 Å². The van der Waals surface area contributed by atoms with Gasteiger partial charge in [0.25, 0.3) is 0 Å². The number of amides is 1. The van der Waals surface area contributed by atoms with E-state index in [2.05, 4.69) is 19.2 Å². The van der Waals surface area contributed by atoms with Gasteiger partial charge in [0, 0.05) is 11.0 Å². The molecule has 0 aromatic heterocycles. The van der Waals surface area contributed by atoms with Crippen molar-refractivity contribution in [1.29, 1.82) is 0 Å². The number of benzene rings is 1. The van der Waals surface area contributed by atoms with E-state index in [4.69, 9.17) is 9.47 Å². The average molecular weight is 286 g/mol. The lowest BCUT2D eigenvalue weighted by Gasteiger charge is -2.39. The van der Waals surface area contributed by atoms with Crippen LogP contribution in [0.1, 0.15) is 32.4 Å². The molecule has 1 aromatic rings. The molecule has 1 saturated heterocycles. The van der Waals surface area contributed by atoms with Gasteiger partial charge in [0.05, 0.1) is 12.6 Å². The zero-order valence-electron chi connectivity index (χ0n) is 11.4. The molecular formula is C14H20ClNO3.